The molecular formula is C23H22N4O5S2. The van der Waals surface area contributed by atoms with Crippen molar-refractivity contribution in [2.45, 2.75) is 26.2 Å². The SMILES string of the molecule is CCc1ccc(C=C2SC(=S)N(CCCC(=O)NNC(=O)c3ccccc3[N+](=O)[O-])C2=O)cc1. The van der Waals surface area contributed by atoms with E-state index in [0.717, 1.165) is 12.0 Å². The van der Waals surface area contributed by atoms with Crippen molar-refractivity contribution in [3.8, 4) is 0 Å². The summed E-state index contributed by atoms with van der Waals surface area (Å²) < 4.78 is 0.423. The maximum absolute atomic E-state index is 12.7. The van der Waals surface area contributed by atoms with Crippen LogP contribution in [0.25, 0.3) is 6.08 Å². The zero-order valence-corrected chi connectivity index (χ0v) is 19.9. The molecule has 1 heterocycles. The molecule has 11 heteroatoms. The van der Waals surface area contributed by atoms with E-state index in [9.17, 15) is 24.5 Å². The molecule has 0 saturated carbocycles. The van der Waals surface area contributed by atoms with Crippen molar-refractivity contribution < 1.29 is 19.3 Å². The van der Waals surface area contributed by atoms with Gasteiger partial charge in [-0.15, -0.1) is 0 Å². The van der Waals surface area contributed by atoms with Gasteiger partial charge >= 0.3 is 0 Å². The van der Waals surface area contributed by atoms with E-state index in [2.05, 4.69) is 17.8 Å². The van der Waals surface area contributed by atoms with Crippen molar-refractivity contribution in [2.75, 3.05) is 6.54 Å². The smallest absolute Gasteiger partial charge is 0.282 e. The summed E-state index contributed by atoms with van der Waals surface area (Å²) in [5.41, 5.74) is 5.99. The molecule has 3 amide bonds. The Kier molecular flexibility index (Phi) is 8.50. The molecule has 1 aliphatic heterocycles. The Balaban J connectivity index is 1.48. The Hall–Kier alpha value is -3.57. The number of thiocarbonyl (C=S) groups is 1. The average molecular weight is 499 g/mol. The zero-order valence-electron chi connectivity index (χ0n) is 18.3. The Morgan fingerprint density at radius 3 is 2.53 bits per heavy atom. The van der Waals surface area contributed by atoms with Crippen LogP contribution in [-0.4, -0.2) is 38.4 Å². The number of hydrogen-bond donors (Lipinski definition) is 2. The first-order chi connectivity index (χ1) is 16.3. The molecule has 1 aliphatic rings. The fourth-order valence-corrected chi connectivity index (χ4v) is 4.48. The van der Waals surface area contributed by atoms with E-state index in [4.69, 9.17) is 12.2 Å². The van der Waals surface area contributed by atoms with Gasteiger partial charge in [-0.3, -0.25) is 40.2 Å². The highest BCUT2D eigenvalue weighted by atomic mass is 32.2. The highest BCUT2D eigenvalue weighted by Gasteiger charge is 2.31. The number of nitrogens with one attached hydrogen (secondary N) is 2. The minimum absolute atomic E-state index is 0.0196. The summed E-state index contributed by atoms with van der Waals surface area (Å²) in [6.45, 7) is 2.33. The third-order valence-electron chi connectivity index (χ3n) is 5.01. The predicted molar refractivity (Wildman–Crippen MR) is 134 cm³/mol. The van der Waals surface area contributed by atoms with Crippen molar-refractivity contribution in [1.82, 2.24) is 15.8 Å². The average Bonchev–Trinajstić information content (AvgIpc) is 3.10. The molecule has 3 rings (SSSR count). The Bertz CT molecular complexity index is 1160. The quantitative estimate of drug-likeness (QED) is 0.247. The molecule has 0 atom stereocenters. The van der Waals surface area contributed by atoms with Gasteiger partial charge in [0, 0.05) is 19.0 Å². The van der Waals surface area contributed by atoms with Crippen molar-refractivity contribution in [1.29, 1.82) is 0 Å². The Labute approximate surface area is 205 Å². The van der Waals surface area contributed by atoms with Crippen molar-refractivity contribution in [3.05, 3.63) is 80.2 Å². The summed E-state index contributed by atoms with van der Waals surface area (Å²) in [7, 11) is 0. The van der Waals surface area contributed by atoms with Crippen LogP contribution < -0.4 is 10.9 Å². The summed E-state index contributed by atoms with van der Waals surface area (Å²) in [4.78, 5) is 49.3. The first kappa shape index (κ1) is 25.1. The van der Waals surface area contributed by atoms with Crippen LogP contribution in [0.1, 0.15) is 41.3 Å². The minimum Gasteiger partial charge on any atom is -0.293 e. The number of carbonyl (C=O) groups excluding carboxylic acids is 3. The summed E-state index contributed by atoms with van der Waals surface area (Å²) >= 11 is 6.53. The number of hydrazine groups is 1. The van der Waals surface area contributed by atoms with Crippen molar-refractivity contribution >= 4 is 57.8 Å². The maximum atomic E-state index is 12.7. The van der Waals surface area contributed by atoms with Gasteiger partial charge in [0.25, 0.3) is 17.5 Å². The highest BCUT2D eigenvalue weighted by molar-refractivity contribution is 8.26. The molecule has 0 spiro atoms. The molecule has 2 aromatic carbocycles. The lowest BCUT2D eigenvalue weighted by molar-refractivity contribution is -0.385. The molecule has 176 valence electrons. The zero-order chi connectivity index (χ0) is 24.7. The Morgan fingerprint density at radius 2 is 1.85 bits per heavy atom. The second kappa shape index (κ2) is 11.5. The van der Waals surface area contributed by atoms with Gasteiger partial charge in [0.1, 0.15) is 9.88 Å². The van der Waals surface area contributed by atoms with E-state index in [1.165, 1.54) is 46.5 Å². The van der Waals surface area contributed by atoms with Crippen LogP contribution in [0.4, 0.5) is 5.69 Å². The molecule has 1 fully saturated rings. The van der Waals surface area contributed by atoms with Crippen molar-refractivity contribution in [3.63, 3.8) is 0 Å². The number of aryl methyl sites for hydroxylation is 1. The molecule has 0 aliphatic carbocycles. The molecule has 2 aromatic rings. The third-order valence-corrected chi connectivity index (χ3v) is 6.38. The lowest BCUT2D eigenvalue weighted by atomic mass is 10.1. The predicted octanol–water partition coefficient (Wildman–Crippen LogP) is 3.60. The van der Waals surface area contributed by atoms with E-state index in [0.29, 0.717) is 15.6 Å². The fourth-order valence-electron chi connectivity index (χ4n) is 3.17. The van der Waals surface area contributed by atoms with Gasteiger partial charge in [0.05, 0.1) is 9.83 Å². The van der Waals surface area contributed by atoms with Gasteiger partial charge in [0.15, 0.2) is 0 Å². The number of thioether (sulfide) groups is 1. The molecule has 0 radical (unpaired) electrons. The molecule has 0 bridgehead atoms. The van der Waals surface area contributed by atoms with Crippen LogP contribution in [-0.2, 0) is 16.0 Å². The molecule has 34 heavy (non-hydrogen) atoms. The summed E-state index contributed by atoms with van der Waals surface area (Å²) in [5, 5.41) is 11.0. The number of carbonyl (C=O) groups is 3. The molecule has 9 nitrogen and oxygen atoms in total. The van der Waals surface area contributed by atoms with Gasteiger partial charge in [-0.1, -0.05) is 67.3 Å². The molecule has 1 saturated heterocycles. The second-order valence-corrected chi connectivity index (χ2v) is 8.98. The van der Waals surface area contributed by atoms with Crippen LogP contribution >= 0.6 is 24.0 Å². The van der Waals surface area contributed by atoms with Gasteiger partial charge in [0.2, 0.25) is 5.91 Å². The largest absolute Gasteiger partial charge is 0.293 e. The van der Waals surface area contributed by atoms with Gasteiger partial charge in [-0.2, -0.15) is 0 Å². The molecular weight excluding hydrogens is 476 g/mol. The van der Waals surface area contributed by atoms with E-state index in [-0.39, 0.29) is 30.1 Å². The summed E-state index contributed by atoms with van der Waals surface area (Å²) in [6, 6.07) is 13.4. The standard InChI is InChI=1S/C23H22N4O5S2/c1-2-15-9-11-16(12-10-15)14-19-22(30)26(23(33)34-19)13-5-8-20(28)24-25-21(29)17-6-3-4-7-18(17)27(31)32/h3-4,6-7,9-12,14H,2,5,8,13H2,1H3,(H,24,28)(H,25,29). The summed E-state index contributed by atoms with van der Waals surface area (Å²) in [5.74, 6) is -1.50. The first-order valence-corrected chi connectivity index (χ1v) is 11.7. The minimum atomic E-state index is -0.797. The topological polar surface area (TPSA) is 122 Å². The molecule has 0 unspecified atom stereocenters. The second-order valence-electron chi connectivity index (χ2n) is 7.31. The van der Waals surface area contributed by atoms with E-state index in [1.807, 2.05) is 24.3 Å². The van der Waals surface area contributed by atoms with Crippen molar-refractivity contribution in [2.24, 2.45) is 0 Å². The number of benzene rings is 2. The van der Waals surface area contributed by atoms with E-state index in [1.54, 1.807) is 6.08 Å². The Morgan fingerprint density at radius 1 is 1.15 bits per heavy atom. The number of rotatable bonds is 8. The van der Waals surface area contributed by atoms with Gasteiger partial charge in [-0.05, 0) is 36.1 Å². The van der Waals surface area contributed by atoms with Crippen LogP contribution in [0, 0.1) is 10.1 Å². The number of amides is 3. The number of nitro benzene ring substituents is 1. The molecule has 2 N–H and O–H groups in total. The number of nitrogens with zero attached hydrogens (tertiary/aromatic N) is 2. The maximum Gasteiger partial charge on any atom is 0.282 e. The van der Waals surface area contributed by atoms with Crippen LogP contribution in [0.5, 0.6) is 0 Å². The fraction of sp³-hybridized carbons (Fsp3) is 0.217. The highest BCUT2D eigenvalue weighted by Crippen LogP contribution is 2.32. The lowest BCUT2D eigenvalue weighted by Crippen LogP contribution is -2.42. The number of hydrogen-bond acceptors (Lipinski definition) is 7. The van der Waals surface area contributed by atoms with Crippen LogP contribution in [0.3, 0.4) is 0 Å². The van der Waals surface area contributed by atoms with Gasteiger partial charge < -0.3 is 0 Å². The van der Waals surface area contributed by atoms with Gasteiger partial charge in [-0.25, -0.2) is 0 Å². The van der Waals surface area contributed by atoms with E-state index < -0.39 is 16.7 Å². The normalized spacial score (nSPS) is 14.4. The monoisotopic (exact) mass is 498 g/mol. The molecule has 0 aromatic heterocycles. The van der Waals surface area contributed by atoms with Crippen LogP contribution in [0.15, 0.2) is 53.4 Å². The van der Waals surface area contributed by atoms with E-state index >= 15 is 0 Å². The number of para-hydroxylation sites is 1. The third kappa shape index (κ3) is 6.27. The summed E-state index contributed by atoms with van der Waals surface area (Å²) in [6.07, 6.45) is 3.07. The number of nitro groups is 1. The first-order valence-electron chi connectivity index (χ1n) is 10.5. The lowest BCUT2D eigenvalue weighted by Gasteiger charge is -2.14. The van der Waals surface area contributed by atoms with Crippen LogP contribution in [0.2, 0.25) is 0 Å².